The van der Waals surface area contributed by atoms with Crippen molar-refractivity contribution >= 4 is 22.4 Å². The lowest BCUT2D eigenvalue weighted by Crippen LogP contribution is -2.21. The molecule has 0 radical (unpaired) electrons. The van der Waals surface area contributed by atoms with Crippen molar-refractivity contribution in [1.29, 1.82) is 0 Å². The maximum Gasteiger partial charge on any atom is 0.445 e. The van der Waals surface area contributed by atoms with Gasteiger partial charge in [-0.05, 0) is 12.8 Å². The van der Waals surface area contributed by atoms with Gasteiger partial charge in [0.15, 0.2) is 0 Å². The van der Waals surface area contributed by atoms with Crippen LogP contribution < -0.4 is 5.32 Å². The van der Waals surface area contributed by atoms with Crippen LogP contribution in [0.25, 0.3) is 0 Å². The number of carbonyl (C=O) groups is 1. The number of hydrogen-bond donors (Lipinski definition) is 1. The molecule has 0 aliphatic rings. The van der Waals surface area contributed by atoms with Gasteiger partial charge in [0.2, 0.25) is 16.0 Å². The Morgan fingerprint density at radius 2 is 1.94 bits per heavy atom. The minimum atomic E-state index is -4.52. The fourth-order valence-corrected chi connectivity index (χ4v) is 1.87. The van der Waals surface area contributed by atoms with E-state index in [1.165, 1.54) is 0 Å². The molecular formula is C9H12F3N3OS. The Balaban J connectivity index is 2.70. The van der Waals surface area contributed by atoms with E-state index < -0.39 is 11.2 Å². The Hall–Kier alpha value is -1.18. The second-order valence-electron chi connectivity index (χ2n) is 3.41. The molecule has 0 aliphatic heterocycles. The molecule has 0 atom stereocenters. The molecule has 1 N–H and O–H groups in total. The maximum absolute atomic E-state index is 12.2. The summed E-state index contributed by atoms with van der Waals surface area (Å²) in [5.74, 6) is -0.534. The molecule has 96 valence electrons. The standard InChI is InChI=1S/C9H12F3N3OS/c1-3-5(4-2)6(16)13-8-15-14-7(17-8)9(10,11)12/h5H,3-4H2,1-2H3,(H,13,15,16). The smallest absolute Gasteiger partial charge is 0.300 e. The van der Waals surface area contributed by atoms with Gasteiger partial charge in [0.25, 0.3) is 0 Å². The molecule has 0 saturated heterocycles. The lowest BCUT2D eigenvalue weighted by molar-refractivity contribution is -0.138. The van der Waals surface area contributed by atoms with Crippen molar-refractivity contribution in [2.45, 2.75) is 32.9 Å². The first-order valence-electron chi connectivity index (χ1n) is 5.10. The van der Waals surface area contributed by atoms with Gasteiger partial charge in [-0.25, -0.2) is 0 Å². The van der Waals surface area contributed by atoms with Crippen LogP contribution in [0.5, 0.6) is 0 Å². The molecule has 0 unspecified atom stereocenters. The lowest BCUT2D eigenvalue weighted by atomic mass is 10.0. The Morgan fingerprint density at radius 1 is 1.35 bits per heavy atom. The van der Waals surface area contributed by atoms with Crippen LogP contribution in [-0.2, 0) is 11.0 Å². The van der Waals surface area contributed by atoms with Crippen molar-refractivity contribution in [3.05, 3.63) is 5.01 Å². The van der Waals surface area contributed by atoms with Crippen molar-refractivity contribution in [2.75, 3.05) is 5.32 Å². The van der Waals surface area contributed by atoms with E-state index in [1.807, 2.05) is 13.8 Å². The molecule has 1 aromatic heterocycles. The highest BCUT2D eigenvalue weighted by atomic mass is 32.1. The number of carbonyl (C=O) groups excluding carboxylic acids is 1. The zero-order valence-electron chi connectivity index (χ0n) is 9.34. The van der Waals surface area contributed by atoms with Crippen molar-refractivity contribution < 1.29 is 18.0 Å². The van der Waals surface area contributed by atoms with E-state index in [4.69, 9.17) is 0 Å². The van der Waals surface area contributed by atoms with E-state index in [1.54, 1.807) is 0 Å². The van der Waals surface area contributed by atoms with Crippen molar-refractivity contribution in [3.63, 3.8) is 0 Å². The number of rotatable bonds is 4. The summed E-state index contributed by atoms with van der Waals surface area (Å²) in [7, 11) is 0. The highest BCUT2D eigenvalue weighted by molar-refractivity contribution is 7.15. The molecule has 0 fully saturated rings. The number of nitrogens with zero attached hydrogens (tertiary/aromatic N) is 2. The fraction of sp³-hybridized carbons (Fsp3) is 0.667. The van der Waals surface area contributed by atoms with Crippen molar-refractivity contribution in [2.24, 2.45) is 5.92 Å². The van der Waals surface area contributed by atoms with Crippen LogP contribution in [0, 0.1) is 5.92 Å². The zero-order chi connectivity index (χ0) is 13.1. The monoisotopic (exact) mass is 267 g/mol. The fourth-order valence-electron chi connectivity index (χ4n) is 1.26. The summed E-state index contributed by atoms with van der Waals surface area (Å²) in [6.45, 7) is 3.68. The second kappa shape index (κ2) is 5.44. The van der Waals surface area contributed by atoms with Crippen LogP contribution in [0.3, 0.4) is 0 Å². The molecule has 1 rings (SSSR count). The van der Waals surface area contributed by atoms with E-state index in [-0.39, 0.29) is 17.0 Å². The first-order chi connectivity index (χ1) is 7.88. The number of nitrogens with one attached hydrogen (secondary N) is 1. The van der Waals surface area contributed by atoms with Crippen LogP contribution in [0.1, 0.15) is 31.7 Å². The molecular weight excluding hydrogens is 255 g/mol. The average Bonchev–Trinajstić information content (AvgIpc) is 2.67. The van der Waals surface area contributed by atoms with Crippen molar-refractivity contribution in [1.82, 2.24) is 10.2 Å². The van der Waals surface area contributed by atoms with Gasteiger partial charge in [-0.2, -0.15) is 13.2 Å². The van der Waals surface area contributed by atoms with Gasteiger partial charge >= 0.3 is 6.18 Å². The summed E-state index contributed by atoms with van der Waals surface area (Å²) in [5, 5.41) is 7.44. The third-order valence-electron chi connectivity index (χ3n) is 2.25. The highest BCUT2D eigenvalue weighted by Gasteiger charge is 2.35. The summed E-state index contributed by atoms with van der Waals surface area (Å²) in [6, 6.07) is 0. The molecule has 17 heavy (non-hydrogen) atoms. The van der Waals surface area contributed by atoms with E-state index in [0.717, 1.165) is 0 Å². The van der Waals surface area contributed by atoms with Gasteiger partial charge in [-0.15, -0.1) is 10.2 Å². The van der Waals surface area contributed by atoms with Crippen LogP contribution in [0.2, 0.25) is 0 Å². The highest BCUT2D eigenvalue weighted by Crippen LogP contribution is 2.33. The van der Waals surface area contributed by atoms with Crippen LogP contribution in [0.4, 0.5) is 18.3 Å². The van der Waals surface area contributed by atoms with Gasteiger partial charge in [0, 0.05) is 5.92 Å². The normalized spacial score (nSPS) is 11.9. The maximum atomic E-state index is 12.2. The van der Waals surface area contributed by atoms with Gasteiger partial charge in [0.1, 0.15) is 0 Å². The van der Waals surface area contributed by atoms with E-state index in [0.29, 0.717) is 24.2 Å². The van der Waals surface area contributed by atoms with Crippen LogP contribution >= 0.6 is 11.3 Å². The predicted octanol–water partition coefficient (Wildman–Crippen LogP) is 2.93. The first-order valence-corrected chi connectivity index (χ1v) is 5.91. The molecule has 0 saturated carbocycles. The van der Waals surface area contributed by atoms with E-state index in [9.17, 15) is 18.0 Å². The average molecular weight is 267 g/mol. The number of anilines is 1. The van der Waals surface area contributed by atoms with Gasteiger partial charge in [-0.1, -0.05) is 25.2 Å². The predicted molar refractivity (Wildman–Crippen MR) is 57.6 cm³/mol. The number of hydrogen-bond acceptors (Lipinski definition) is 4. The topological polar surface area (TPSA) is 54.9 Å². The Labute approximate surface area is 100 Å². The molecule has 0 spiro atoms. The van der Waals surface area contributed by atoms with Crippen LogP contribution in [0.15, 0.2) is 0 Å². The minimum Gasteiger partial charge on any atom is -0.300 e. The number of halogens is 3. The Morgan fingerprint density at radius 3 is 2.35 bits per heavy atom. The lowest BCUT2D eigenvalue weighted by Gasteiger charge is -2.10. The molecule has 0 aromatic carbocycles. The molecule has 0 aliphatic carbocycles. The summed E-state index contributed by atoms with van der Waals surface area (Å²) in [5.41, 5.74) is 0. The number of amides is 1. The molecule has 4 nitrogen and oxygen atoms in total. The first kappa shape index (κ1) is 13.9. The molecule has 8 heteroatoms. The largest absolute Gasteiger partial charge is 0.445 e. The summed E-state index contributed by atoms with van der Waals surface area (Å²) >= 11 is 0.327. The molecule has 1 heterocycles. The minimum absolute atomic E-state index is 0.116. The SMILES string of the molecule is CCC(CC)C(=O)Nc1nnc(C(F)(F)F)s1. The third-order valence-corrected chi connectivity index (χ3v) is 3.14. The van der Waals surface area contributed by atoms with Crippen LogP contribution in [-0.4, -0.2) is 16.1 Å². The Kier molecular flexibility index (Phi) is 4.44. The molecule has 1 aromatic rings. The summed E-state index contributed by atoms with van der Waals surface area (Å²) in [4.78, 5) is 11.6. The van der Waals surface area contributed by atoms with E-state index in [2.05, 4.69) is 15.5 Å². The van der Waals surface area contributed by atoms with E-state index >= 15 is 0 Å². The van der Waals surface area contributed by atoms with Gasteiger partial charge in [-0.3, -0.25) is 4.79 Å². The molecule has 1 amide bonds. The summed E-state index contributed by atoms with van der Waals surface area (Å²) < 4.78 is 36.7. The van der Waals surface area contributed by atoms with Gasteiger partial charge < -0.3 is 5.32 Å². The van der Waals surface area contributed by atoms with Gasteiger partial charge in [0.05, 0.1) is 0 Å². The molecule has 0 bridgehead atoms. The quantitative estimate of drug-likeness (QED) is 0.912. The van der Waals surface area contributed by atoms with Crippen molar-refractivity contribution in [3.8, 4) is 0 Å². The zero-order valence-corrected chi connectivity index (χ0v) is 10.2. The third kappa shape index (κ3) is 3.65. The number of aromatic nitrogens is 2. The number of alkyl halides is 3. The Bertz CT molecular complexity index is 387. The summed E-state index contributed by atoms with van der Waals surface area (Å²) in [6.07, 6.45) is -3.25. The second-order valence-corrected chi connectivity index (χ2v) is 4.39.